The first-order valence-electron chi connectivity index (χ1n) is 5.66. The lowest BCUT2D eigenvalue weighted by Crippen LogP contribution is -2.14. The molecule has 0 saturated carbocycles. The second-order valence-corrected chi connectivity index (χ2v) is 5.38. The maximum atomic E-state index is 13.1. The van der Waals surface area contributed by atoms with Gasteiger partial charge in [-0.1, -0.05) is 18.2 Å². The van der Waals surface area contributed by atoms with Gasteiger partial charge in [-0.05, 0) is 24.3 Å². The maximum absolute atomic E-state index is 13.1. The molecule has 0 aliphatic heterocycles. The molecule has 2 aromatic carbocycles. The van der Waals surface area contributed by atoms with Crippen LogP contribution in [-0.4, -0.2) is 24.5 Å². The van der Waals surface area contributed by atoms with Crippen LogP contribution in [0.15, 0.2) is 47.4 Å². The summed E-state index contributed by atoms with van der Waals surface area (Å²) in [6.45, 7) is 0. The average Bonchev–Trinajstić information content (AvgIpc) is 2.41. The third kappa shape index (κ3) is 3.11. The molecule has 1 amide bonds. The molecular formula is C13H10FNO5S. The predicted octanol–water partition coefficient (Wildman–Crippen LogP) is 2.01. The van der Waals surface area contributed by atoms with E-state index in [0.717, 1.165) is 6.07 Å². The van der Waals surface area contributed by atoms with Gasteiger partial charge in [0.2, 0.25) is 0 Å². The molecule has 3 N–H and O–H groups in total. The highest BCUT2D eigenvalue weighted by Gasteiger charge is 2.20. The van der Waals surface area contributed by atoms with Crippen LogP contribution in [-0.2, 0) is 10.2 Å². The average molecular weight is 311 g/mol. The monoisotopic (exact) mass is 311 g/mol. The summed E-state index contributed by atoms with van der Waals surface area (Å²) in [6.07, 6.45) is 0. The van der Waals surface area contributed by atoms with Gasteiger partial charge in [0, 0.05) is 0 Å². The molecule has 0 saturated heterocycles. The predicted molar refractivity (Wildman–Crippen MR) is 72.5 cm³/mol. The number of benzene rings is 2. The molecule has 2 aromatic rings. The Hall–Kier alpha value is -2.61. The Bertz CT molecular complexity index is 804. The van der Waals surface area contributed by atoms with Gasteiger partial charge in [-0.25, -0.2) is 0 Å². The van der Waals surface area contributed by atoms with Gasteiger partial charge in [0.05, 0.1) is 11.3 Å². The Morgan fingerprint density at radius 3 is 2.38 bits per heavy atom. The van der Waals surface area contributed by atoms with Gasteiger partial charge >= 0.3 is 10.2 Å². The molecule has 8 heteroatoms. The van der Waals surface area contributed by atoms with Gasteiger partial charge in [0.25, 0.3) is 5.91 Å². The zero-order valence-electron chi connectivity index (χ0n) is 10.4. The number of carbonyl (C=O) groups is 1. The minimum absolute atomic E-state index is 0.271. The third-order valence-corrected chi connectivity index (χ3v) is 3.54. The largest absolute Gasteiger partial charge is 0.504 e. The van der Waals surface area contributed by atoms with Crippen molar-refractivity contribution in [2.75, 3.05) is 5.32 Å². The molecule has 110 valence electrons. The minimum Gasteiger partial charge on any atom is -0.504 e. The molecule has 0 unspecified atom stereocenters. The summed E-state index contributed by atoms with van der Waals surface area (Å²) in [5, 5.41) is 21.1. The number of carbonyl (C=O) groups excluding carboxylic acids is 1. The minimum atomic E-state index is -5.01. The fraction of sp³-hybridized carbons (Fsp3) is 0. The summed E-state index contributed by atoms with van der Waals surface area (Å²) in [6, 6.07) is 8.61. The summed E-state index contributed by atoms with van der Waals surface area (Å²) in [5.74, 6) is -2.05. The normalized spacial score (nSPS) is 11.1. The Labute approximate surface area is 119 Å². The lowest BCUT2D eigenvalue weighted by Gasteiger charge is -2.09. The molecule has 0 aliphatic carbocycles. The van der Waals surface area contributed by atoms with E-state index in [2.05, 4.69) is 5.32 Å². The van der Waals surface area contributed by atoms with E-state index in [1.807, 2.05) is 0 Å². The van der Waals surface area contributed by atoms with E-state index in [1.165, 1.54) is 36.4 Å². The fourth-order valence-electron chi connectivity index (χ4n) is 1.69. The number of hydrogen-bond donors (Lipinski definition) is 3. The molecule has 0 aromatic heterocycles. The number of amides is 1. The maximum Gasteiger partial charge on any atom is 0.334 e. The van der Waals surface area contributed by atoms with Crippen molar-refractivity contribution >= 4 is 21.8 Å². The molecule has 21 heavy (non-hydrogen) atoms. The van der Waals surface area contributed by atoms with E-state index >= 15 is 0 Å². The van der Waals surface area contributed by atoms with E-state index < -0.39 is 32.5 Å². The highest BCUT2D eigenvalue weighted by Crippen LogP contribution is 2.30. The summed E-state index contributed by atoms with van der Waals surface area (Å²) in [4.78, 5) is 11.3. The van der Waals surface area contributed by atoms with Crippen LogP contribution < -0.4 is 5.32 Å². The summed E-state index contributed by atoms with van der Waals surface area (Å²) < 4.78 is 35.1. The molecule has 0 atom stereocenters. The van der Waals surface area contributed by atoms with Gasteiger partial charge < -0.3 is 15.5 Å². The van der Waals surface area contributed by atoms with Gasteiger partial charge in [0.15, 0.2) is 11.5 Å². The van der Waals surface area contributed by atoms with Crippen molar-refractivity contribution in [3.63, 3.8) is 0 Å². The smallest absolute Gasteiger partial charge is 0.334 e. The van der Waals surface area contributed by atoms with Crippen molar-refractivity contribution in [1.29, 1.82) is 0 Å². The number of nitrogens with one attached hydrogen (secondary N) is 1. The summed E-state index contributed by atoms with van der Waals surface area (Å²) >= 11 is 0. The molecule has 0 bridgehead atoms. The van der Waals surface area contributed by atoms with Crippen molar-refractivity contribution in [3.8, 4) is 11.5 Å². The number of halogens is 1. The number of phenols is 2. The standard InChI is InChI=1S/C13H10FNO5S/c14-21(19,20)11-7-2-1-5-9(11)15-13(18)8-4-3-6-10(16)12(8)17/h1-7,16-17H,(H,15,18). The second-order valence-electron chi connectivity index (χ2n) is 4.06. The Kier molecular flexibility index (Phi) is 3.81. The molecule has 0 heterocycles. The van der Waals surface area contributed by atoms with E-state index in [4.69, 9.17) is 0 Å². The Balaban J connectivity index is 2.40. The van der Waals surface area contributed by atoms with Gasteiger partial charge in [-0.3, -0.25) is 4.79 Å². The Morgan fingerprint density at radius 1 is 1.05 bits per heavy atom. The van der Waals surface area contributed by atoms with Crippen LogP contribution in [0.3, 0.4) is 0 Å². The fourth-order valence-corrected chi connectivity index (χ4v) is 2.31. The number of anilines is 1. The number of hydrogen-bond acceptors (Lipinski definition) is 5. The van der Waals surface area contributed by atoms with Crippen LogP contribution in [0.4, 0.5) is 9.57 Å². The Morgan fingerprint density at radius 2 is 1.71 bits per heavy atom. The van der Waals surface area contributed by atoms with Crippen molar-refractivity contribution in [2.45, 2.75) is 4.90 Å². The zero-order chi connectivity index (χ0) is 15.6. The van der Waals surface area contributed by atoms with Crippen molar-refractivity contribution in [1.82, 2.24) is 0 Å². The molecule has 6 nitrogen and oxygen atoms in total. The van der Waals surface area contributed by atoms with E-state index in [0.29, 0.717) is 0 Å². The lowest BCUT2D eigenvalue weighted by atomic mass is 10.1. The highest BCUT2D eigenvalue weighted by atomic mass is 32.3. The quantitative estimate of drug-likeness (QED) is 0.594. The van der Waals surface area contributed by atoms with Crippen molar-refractivity contribution in [2.24, 2.45) is 0 Å². The van der Waals surface area contributed by atoms with Gasteiger partial charge in [-0.15, -0.1) is 3.89 Å². The van der Waals surface area contributed by atoms with Crippen LogP contribution in [0, 0.1) is 0 Å². The summed E-state index contributed by atoms with van der Waals surface area (Å²) in [5.41, 5.74) is -0.547. The van der Waals surface area contributed by atoms with E-state index in [1.54, 1.807) is 0 Å². The SMILES string of the molecule is O=C(Nc1ccccc1S(=O)(=O)F)c1cccc(O)c1O. The highest BCUT2D eigenvalue weighted by molar-refractivity contribution is 7.86. The number of para-hydroxylation sites is 2. The number of rotatable bonds is 3. The first-order valence-corrected chi connectivity index (χ1v) is 7.05. The van der Waals surface area contributed by atoms with E-state index in [9.17, 15) is 27.3 Å². The van der Waals surface area contributed by atoms with Crippen LogP contribution in [0.25, 0.3) is 0 Å². The molecular weight excluding hydrogens is 301 g/mol. The zero-order valence-corrected chi connectivity index (χ0v) is 11.3. The molecule has 0 spiro atoms. The van der Waals surface area contributed by atoms with Crippen LogP contribution in [0.5, 0.6) is 11.5 Å². The molecule has 0 radical (unpaired) electrons. The first-order chi connectivity index (χ1) is 9.80. The van der Waals surface area contributed by atoms with E-state index in [-0.39, 0.29) is 11.3 Å². The molecule has 0 fully saturated rings. The topological polar surface area (TPSA) is 104 Å². The first kappa shape index (κ1) is 14.8. The van der Waals surface area contributed by atoms with Gasteiger partial charge in [-0.2, -0.15) is 8.42 Å². The molecule has 0 aliphatic rings. The van der Waals surface area contributed by atoms with Crippen molar-refractivity contribution < 1.29 is 27.3 Å². The third-order valence-electron chi connectivity index (χ3n) is 2.66. The second kappa shape index (κ2) is 5.41. The number of phenolic OH excluding ortho intramolecular Hbond substituents is 2. The van der Waals surface area contributed by atoms with Crippen molar-refractivity contribution in [3.05, 3.63) is 48.0 Å². The lowest BCUT2D eigenvalue weighted by molar-refractivity contribution is 0.102. The number of aromatic hydroxyl groups is 2. The van der Waals surface area contributed by atoms with Crippen LogP contribution >= 0.6 is 0 Å². The van der Waals surface area contributed by atoms with Gasteiger partial charge in [0.1, 0.15) is 4.90 Å². The van der Waals surface area contributed by atoms with Crippen LogP contribution in [0.1, 0.15) is 10.4 Å². The molecule has 2 rings (SSSR count). The summed E-state index contributed by atoms with van der Waals surface area (Å²) in [7, 11) is -5.01. The van der Waals surface area contributed by atoms with Crippen LogP contribution in [0.2, 0.25) is 0 Å².